The maximum Gasteiger partial charge on any atom is 0.144 e. The van der Waals surface area contributed by atoms with Gasteiger partial charge in [0, 0.05) is 19.2 Å². The van der Waals surface area contributed by atoms with Crippen LogP contribution in [0.25, 0.3) is 0 Å². The van der Waals surface area contributed by atoms with Gasteiger partial charge in [0.1, 0.15) is 5.82 Å². The summed E-state index contributed by atoms with van der Waals surface area (Å²) in [5.74, 6) is -0.438. The lowest BCUT2D eigenvalue weighted by molar-refractivity contribution is 0.122. The van der Waals surface area contributed by atoms with Crippen molar-refractivity contribution in [2.75, 3.05) is 36.9 Å². The number of halogens is 2. The molecule has 82 valence electrons. The van der Waals surface area contributed by atoms with E-state index in [9.17, 15) is 4.39 Å². The van der Waals surface area contributed by atoms with E-state index in [0.29, 0.717) is 24.6 Å². The van der Waals surface area contributed by atoms with Gasteiger partial charge in [-0.2, -0.15) is 0 Å². The van der Waals surface area contributed by atoms with Crippen LogP contribution in [0, 0.1) is 5.82 Å². The van der Waals surface area contributed by atoms with E-state index in [1.165, 1.54) is 12.1 Å². The van der Waals surface area contributed by atoms with Crippen molar-refractivity contribution in [3.05, 3.63) is 23.0 Å². The zero-order valence-electron chi connectivity index (χ0n) is 8.17. The molecule has 0 aliphatic carbocycles. The lowest BCUT2D eigenvalue weighted by Gasteiger charge is -2.29. The predicted octanol–water partition coefficient (Wildman–Crippen LogP) is 1.90. The largest absolute Gasteiger partial charge is 0.397 e. The van der Waals surface area contributed by atoms with Crippen LogP contribution in [0.1, 0.15) is 0 Å². The van der Waals surface area contributed by atoms with Crippen molar-refractivity contribution in [1.82, 2.24) is 0 Å². The average molecular weight is 231 g/mol. The zero-order valence-corrected chi connectivity index (χ0v) is 8.93. The van der Waals surface area contributed by atoms with Crippen LogP contribution in [0.4, 0.5) is 15.8 Å². The number of hydrogen-bond donors (Lipinski definition) is 1. The maximum absolute atomic E-state index is 13.3. The van der Waals surface area contributed by atoms with Gasteiger partial charge < -0.3 is 15.4 Å². The number of nitrogens with zero attached hydrogens (tertiary/aromatic N) is 1. The topological polar surface area (TPSA) is 38.5 Å². The minimum Gasteiger partial charge on any atom is -0.397 e. The number of ether oxygens (including phenoxy) is 1. The van der Waals surface area contributed by atoms with E-state index in [2.05, 4.69) is 0 Å². The third kappa shape index (κ3) is 2.16. The van der Waals surface area contributed by atoms with Crippen molar-refractivity contribution >= 4 is 23.0 Å². The first kappa shape index (κ1) is 10.5. The molecule has 0 bridgehead atoms. The van der Waals surface area contributed by atoms with Gasteiger partial charge in [-0.3, -0.25) is 0 Å². The van der Waals surface area contributed by atoms with Crippen molar-refractivity contribution < 1.29 is 9.13 Å². The molecule has 1 heterocycles. The maximum atomic E-state index is 13.3. The highest BCUT2D eigenvalue weighted by Crippen LogP contribution is 2.29. The second-order valence-corrected chi connectivity index (χ2v) is 3.83. The van der Waals surface area contributed by atoms with Crippen LogP contribution < -0.4 is 10.6 Å². The van der Waals surface area contributed by atoms with Gasteiger partial charge in [0.15, 0.2) is 0 Å². The summed E-state index contributed by atoms with van der Waals surface area (Å²) in [5.41, 5.74) is 6.99. The summed E-state index contributed by atoms with van der Waals surface area (Å²) in [6.07, 6.45) is 0. The Kier molecular flexibility index (Phi) is 2.98. The highest BCUT2D eigenvalue weighted by atomic mass is 35.5. The number of morpholine rings is 1. The monoisotopic (exact) mass is 230 g/mol. The van der Waals surface area contributed by atoms with Gasteiger partial charge in [-0.25, -0.2) is 4.39 Å². The Labute approximate surface area is 92.6 Å². The van der Waals surface area contributed by atoms with Crippen LogP contribution in [0.15, 0.2) is 12.1 Å². The van der Waals surface area contributed by atoms with Gasteiger partial charge in [-0.15, -0.1) is 0 Å². The van der Waals surface area contributed by atoms with Crippen molar-refractivity contribution in [1.29, 1.82) is 0 Å². The number of nitrogens with two attached hydrogens (primary N) is 1. The highest BCUT2D eigenvalue weighted by Gasteiger charge is 2.15. The Hall–Kier alpha value is -1.00. The van der Waals surface area contributed by atoms with Crippen LogP contribution in [-0.2, 0) is 4.74 Å². The molecule has 0 atom stereocenters. The summed E-state index contributed by atoms with van der Waals surface area (Å²) in [7, 11) is 0. The van der Waals surface area contributed by atoms with Gasteiger partial charge in [-0.1, -0.05) is 11.6 Å². The number of nitrogen functional groups attached to an aromatic ring is 1. The highest BCUT2D eigenvalue weighted by molar-refractivity contribution is 6.31. The average Bonchev–Trinajstić information content (AvgIpc) is 2.25. The molecule has 1 aromatic rings. The Morgan fingerprint density at radius 2 is 2.00 bits per heavy atom. The molecule has 2 N–H and O–H groups in total. The Morgan fingerprint density at radius 1 is 1.33 bits per heavy atom. The molecular weight excluding hydrogens is 219 g/mol. The predicted molar refractivity (Wildman–Crippen MR) is 58.9 cm³/mol. The number of benzene rings is 1. The van der Waals surface area contributed by atoms with Gasteiger partial charge >= 0.3 is 0 Å². The molecule has 0 spiro atoms. The smallest absolute Gasteiger partial charge is 0.144 e. The second-order valence-electron chi connectivity index (χ2n) is 3.42. The lowest BCUT2D eigenvalue weighted by atomic mass is 10.2. The molecule has 0 amide bonds. The van der Waals surface area contributed by atoms with E-state index in [1.807, 2.05) is 4.90 Å². The standard InChI is InChI=1S/C10H12ClFN2O/c11-7-5-9(13)10(6-8(7)12)14-1-3-15-4-2-14/h5-6H,1-4,13H2. The van der Waals surface area contributed by atoms with Gasteiger partial charge in [-0.05, 0) is 6.07 Å². The Bertz CT molecular complexity index is 367. The fourth-order valence-corrected chi connectivity index (χ4v) is 1.80. The molecule has 15 heavy (non-hydrogen) atoms. The third-order valence-corrected chi connectivity index (χ3v) is 2.71. The SMILES string of the molecule is Nc1cc(Cl)c(F)cc1N1CCOCC1. The van der Waals surface area contributed by atoms with Crippen LogP contribution in [-0.4, -0.2) is 26.3 Å². The lowest BCUT2D eigenvalue weighted by Crippen LogP contribution is -2.36. The van der Waals surface area contributed by atoms with Gasteiger partial charge in [0.2, 0.25) is 0 Å². The van der Waals surface area contributed by atoms with Gasteiger partial charge in [0.25, 0.3) is 0 Å². The molecule has 1 aliphatic heterocycles. The quantitative estimate of drug-likeness (QED) is 0.749. The number of rotatable bonds is 1. The van der Waals surface area contributed by atoms with Crippen molar-refractivity contribution in [3.8, 4) is 0 Å². The van der Waals surface area contributed by atoms with E-state index in [1.54, 1.807) is 0 Å². The third-order valence-electron chi connectivity index (χ3n) is 2.42. The minimum atomic E-state index is -0.438. The normalized spacial score (nSPS) is 16.8. The van der Waals surface area contributed by atoms with Crippen LogP contribution in [0.2, 0.25) is 5.02 Å². The first-order chi connectivity index (χ1) is 7.18. The van der Waals surface area contributed by atoms with E-state index < -0.39 is 5.82 Å². The molecule has 0 radical (unpaired) electrons. The fraction of sp³-hybridized carbons (Fsp3) is 0.400. The molecule has 3 nitrogen and oxygen atoms in total. The number of hydrogen-bond acceptors (Lipinski definition) is 3. The molecule has 1 fully saturated rings. The van der Waals surface area contributed by atoms with Crippen LogP contribution in [0.3, 0.4) is 0 Å². The molecule has 0 unspecified atom stereocenters. The number of anilines is 2. The zero-order chi connectivity index (χ0) is 10.8. The molecule has 1 aromatic carbocycles. The minimum absolute atomic E-state index is 0.0597. The van der Waals surface area contributed by atoms with E-state index in [-0.39, 0.29) is 5.02 Å². The second kappa shape index (κ2) is 4.24. The van der Waals surface area contributed by atoms with Crippen LogP contribution >= 0.6 is 11.6 Å². The summed E-state index contributed by atoms with van der Waals surface area (Å²) in [6, 6.07) is 2.82. The van der Waals surface area contributed by atoms with Gasteiger partial charge in [0.05, 0.1) is 29.6 Å². The Balaban J connectivity index is 2.30. The molecular formula is C10H12ClFN2O. The van der Waals surface area contributed by atoms with Crippen molar-refractivity contribution in [2.45, 2.75) is 0 Å². The Morgan fingerprint density at radius 3 is 2.67 bits per heavy atom. The first-order valence-corrected chi connectivity index (χ1v) is 5.13. The molecule has 1 saturated heterocycles. The fourth-order valence-electron chi connectivity index (χ4n) is 1.63. The summed E-state index contributed by atoms with van der Waals surface area (Å²) in [6.45, 7) is 2.74. The molecule has 5 heteroatoms. The first-order valence-electron chi connectivity index (χ1n) is 4.75. The molecule has 0 aromatic heterocycles. The molecule has 0 saturated carbocycles. The molecule has 2 rings (SSSR count). The van der Waals surface area contributed by atoms with Crippen molar-refractivity contribution in [3.63, 3.8) is 0 Å². The summed E-state index contributed by atoms with van der Waals surface area (Å²) < 4.78 is 18.5. The summed E-state index contributed by atoms with van der Waals surface area (Å²) in [5, 5.41) is 0.0597. The van der Waals surface area contributed by atoms with E-state index >= 15 is 0 Å². The van der Waals surface area contributed by atoms with E-state index in [4.69, 9.17) is 22.1 Å². The van der Waals surface area contributed by atoms with Crippen LogP contribution in [0.5, 0.6) is 0 Å². The summed E-state index contributed by atoms with van der Waals surface area (Å²) >= 11 is 5.63. The summed E-state index contributed by atoms with van der Waals surface area (Å²) in [4.78, 5) is 2.00. The van der Waals surface area contributed by atoms with E-state index in [0.717, 1.165) is 13.1 Å². The van der Waals surface area contributed by atoms with Crippen molar-refractivity contribution in [2.24, 2.45) is 0 Å². The molecule has 1 aliphatic rings.